The Balaban J connectivity index is 2.13. The maximum absolute atomic E-state index is 12.7. The van der Waals surface area contributed by atoms with Gasteiger partial charge in [0.05, 0.1) is 9.82 Å². The molecule has 0 saturated heterocycles. The minimum absolute atomic E-state index is 0.00637. The van der Waals surface area contributed by atoms with E-state index in [9.17, 15) is 28.1 Å². The van der Waals surface area contributed by atoms with E-state index in [1.165, 1.54) is 30.3 Å². The van der Waals surface area contributed by atoms with Gasteiger partial charge in [-0.05, 0) is 25.0 Å². The van der Waals surface area contributed by atoms with Crippen LogP contribution in [-0.4, -0.2) is 37.7 Å². The number of hydrogen-bond acceptors (Lipinski definition) is 7. The van der Waals surface area contributed by atoms with Crippen LogP contribution in [0.1, 0.15) is 36.2 Å². The van der Waals surface area contributed by atoms with Crippen molar-refractivity contribution in [3.8, 4) is 0 Å². The van der Waals surface area contributed by atoms with Crippen molar-refractivity contribution < 1.29 is 27.7 Å². The molecule has 166 valence electrons. The number of Topliss-reactive ketones (excluding diaryl/α,β-unsaturated/α-hetero) is 1. The number of non-ortho nitro benzene ring substituents is 1. The molecule has 2 atom stereocenters. The number of sulfonamides is 1. The molecular formula is C21H24N2O7S. The van der Waals surface area contributed by atoms with Crippen molar-refractivity contribution in [2.45, 2.75) is 38.1 Å². The Hall–Kier alpha value is -3.11. The molecule has 0 aromatic heterocycles. The number of ether oxygens (including phenoxy) is 1. The van der Waals surface area contributed by atoms with E-state index >= 15 is 0 Å². The van der Waals surface area contributed by atoms with E-state index in [4.69, 9.17) is 4.74 Å². The molecule has 0 bridgehead atoms. The highest BCUT2D eigenvalue weighted by Gasteiger charge is 2.31. The zero-order chi connectivity index (χ0) is 23.2. The molecule has 0 heterocycles. The smallest absolute Gasteiger partial charge is 0.324 e. The minimum atomic E-state index is -3.99. The lowest BCUT2D eigenvalue weighted by molar-refractivity contribution is -0.384. The number of rotatable bonds is 10. The summed E-state index contributed by atoms with van der Waals surface area (Å²) in [7, 11) is -3.99. The van der Waals surface area contributed by atoms with Crippen LogP contribution in [0.25, 0.3) is 0 Å². The molecule has 0 unspecified atom stereocenters. The van der Waals surface area contributed by atoms with Crippen LogP contribution in [0.3, 0.4) is 0 Å². The summed E-state index contributed by atoms with van der Waals surface area (Å²) in [6, 6.07) is 10.00. The molecule has 2 rings (SSSR count). The van der Waals surface area contributed by atoms with E-state index < -0.39 is 45.3 Å². The van der Waals surface area contributed by atoms with Crippen molar-refractivity contribution in [3.05, 3.63) is 69.8 Å². The topological polar surface area (TPSA) is 133 Å². The van der Waals surface area contributed by atoms with Gasteiger partial charge in [0.2, 0.25) is 15.8 Å². The highest BCUT2D eigenvalue weighted by atomic mass is 32.2. The zero-order valence-electron chi connectivity index (χ0n) is 17.4. The summed E-state index contributed by atoms with van der Waals surface area (Å²) in [4.78, 5) is 35.1. The highest BCUT2D eigenvalue weighted by Crippen LogP contribution is 2.17. The van der Waals surface area contributed by atoms with E-state index in [2.05, 4.69) is 4.72 Å². The lowest BCUT2D eigenvalue weighted by atomic mass is 10.0. The summed E-state index contributed by atoms with van der Waals surface area (Å²) in [6.07, 6.45) is 0.481. The average molecular weight is 448 g/mol. The van der Waals surface area contributed by atoms with Crippen molar-refractivity contribution >= 4 is 27.5 Å². The Bertz CT molecular complexity index is 1070. The largest absolute Gasteiger partial charge is 0.456 e. The van der Waals surface area contributed by atoms with Crippen LogP contribution in [0.2, 0.25) is 0 Å². The van der Waals surface area contributed by atoms with E-state index in [1.807, 2.05) is 6.92 Å². The van der Waals surface area contributed by atoms with E-state index in [1.54, 1.807) is 26.0 Å². The van der Waals surface area contributed by atoms with Crippen molar-refractivity contribution in [1.82, 2.24) is 4.72 Å². The standard InChI is InChI=1S/C21H24N2O7S/c1-4-15(3)20(22-31(28,29)18-10-8-14(2)9-11-18)21(25)30-13-19(24)16-6-5-7-17(12-16)23(26)27/h5-12,15,20,22H,4,13H2,1-3H3/t15-,20+/m0/s1. The van der Waals surface area contributed by atoms with Crippen LogP contribution in [-0.2, 0) is 19.6 Å². The third-order valence-electron chi connectivity index (χ3n) is 4.80. The summed E-state index contributed by atoms with van der Waals surface area (Å²) < 4.78 is 32.8. The van der Waals surface area contributed by atoms with E-state index in [0.29, 0.717) is 6.42 Å². The molecule has 2 aromatic carbocycles. The summed E-state index contributed by atoms with van der Waals surface area (Å²) >= 11 is 0. The maximum atomic E-state index is 12.7. The van der Waals surface area contributed by atoms with Gasteiger partial charge in [0.1, 0.15) is 6.04 Å². The quantitative estimate of drug-likeness (QED) is 0.256. The van der Waals surface area contributed by atoms with Gasteiger partial charge in [0.15, 0.2) is 6.61 Å². The summed E-state index contributed by atoms with van der Waals surface area (Å²) in [5.41, 5.74) is 0.638. The number of aryl methyl sites for hydroxylation is 1. The number of nitro groups is 1. The van der Waals surface area contributed by atoms with E-state index in [-0.39, 0.29) is 16.1 Å². The molecule has 0 fully saturated rings. The van der Waals surface area contributed by atoms with Crippen molar-refractivity contribution in [2.75, 3.05) is 6.61 Å². The second-order valence-corrected chi connectivity index (χ2v) is 8.85. The van der Waals surface area contributed by atoms with Crippen molar-refractivity contribution in [1.29, 1.82) is 0 Å². The van der Waals surface area contributed by atoms with Gasteiger partial charge >= 0.3 is 5.97 Å². The number of esters is 1. The predicted molar refractivity (Wildman–Crippen MR) is 113 cm³/mol. The molecule has 9 nitrogen and oxygen atoms in total. The third kappa shape index (κ3) is 6.43. The first kappa shape index (κ1) is 24.2. The molecule has 31 heavy (non-hydrogen) atoms. The Kier molecular flexibility index (Phi) is 8.01. The molecule has 0 radical (unpaired) electrons. The van der Waals surface area contributed by atoms with Crippen LogP contribution < -0.4 is 4.72 Å². The van der Waals surface area contributed by atoms with Gasteiger partial charge in [-0.3, -0.25) is 19.7 Å². The summed E-state index contributed by atoms with van der Waals surface area (Å²) in [5, 5.41) is 10.9. The van der Waals surface area contributed by atoms with Gasteiger partial charge in [-0.25, -0.2) is 8.42 Å². The minimum Gasteiger partial charge on any atom is -0.456 e. The van der Waals surface area contributed by atoms with Crippen LogP contribution in [0.5, 0.6) is 0 Å². The summed E-state index contributed by atoms with van der Waals surface area (Å²) in [5.74, 6) is -1.94. The second kappa shape index (κ2) is 10.3. The van der Waals surface area contributed by atoms with Gasteiger partial charge in [-0.15, -0.1) is 0 Å². The fraction of sp³-hybridized carbons (Fsp3) is 0.333. The second-order valence-electron chi connectivity index (χ2n) is 7.14. The van der Waals surface area contributed by atoms with Crippen LogP contribution >= 0.6 is 0 Å². The van der Waals surface area contributed by atoms with Gasteiger partial charge in [-0.1, -0.05) is 50.1 Å². The average Bonchev–Trinajstić information content (AvgIpc) is 2.75. The van der Waals surface area contributed by atoms with Gasteiger partial charge in [0, 0.05) is 17.7 Å². The Labute approximate surface area is 180 Å². The predicted octanol–water partition coefficient (Wildman–Crippen LogP) is 3.02. The Morgan fingerprint density at radius 3 is 2.39 bits per heavy atom. The molecule has 0 saturated carbocycles. The van der Waals surface area contributed by atoms with Gasteiger partial charge in [-0.2, -0.15) is 4.72 Å². The molecule has 2 aromatic rings. The number of hydrogen-bond donors (Lipinski definition) is 1. The molecule has 0 spiro atoms. The molecular weight excluding hydrogens is 424 g/mol. The number of carbonyl (C=O) groups is 2. The number of carbonyl (C=O) groups excluding carboxylic acids is 2. The number of benzene rings is 2. The normalized spacial score (nSPS) is 13.3. The number of ketones is 1. The highest BCUT2D eigenvalue weighted by molar-refractivity contribution is 7.89. The Morgan fingerprint density at radius 1 is 1.16 bits per heavy atom. The third-order valence-corrected chi connectivity index (χ3v) is 6.26. The first-order chi connectivity index (χ1) is 14.5. The first-order valence-electron chi connectivity index (χ1n) is 9.58. The Morgan fingerprint density at radius 2 is 1.81 bits per heavy atom. The first-order valence-corrected chi connectivity index (χ1v) is 11.1. The molecule has 0 aliphatic carbocycles. The lowest BCUT2D eigenvalue weighted by Crippen LogP contribution is -2.46. The molecule has 0 aliphatic heterocycles. The lowest BCUT2D eigenvalue weighted by Gasteiger charge is -2.22. The van der Waals surface area contributed by atoms with Crippen LogP contribution in [0.4, 0.5) is 5.69 Å². The van der Waals surface area contributed by atoms with Crippen molar-refractivity contribution in [2.24, 2.45) is 5.92 Å². The molecule has 0 amide bonds. The fourth-order valence-corrected chi connectivity index (χ4v) is 3.98. The maximum Gasteiger partial charge on any atom is 0.324 e. The van der Waals surface area contributed by atoms with Crippen LogP contribution in [0.15, 0.2) is 53.4 Å². The monoisotopic (exact) mass is 448 g/mol. The molecule has 0 aliphatic rings. The SMILES string of the molecule is CC[C@H](C)[C@@H](NS(=O)(=O)c1ccc(C)cc1)C(=O)OCC(=O)c1cccc([N+](=O)[O-])c1. The molecule has 10 heteroatoms. The number of nitrogens with one attached hydrogen (secondary N) is 1. The number of nitrogens with zero attached hydrogens (tertiary/aromatic N) is 1. The van der Waals surface area contributed by atoms with Gasteiger partial charge in [0.25, 0.3) is 5.69 Å². The zero-order valence-corrected chi connectivity index (χ0v) is 18.2. The van der Waals surface area contributed by atoms with Crippen molar-refractivity contribution in [3.63, 3.8) is 0 Å². The summed E-state index contributed by atoms with van der Waals surface area (Å²) in [6.45, 7) is 4.63. The fourth-order valence-electron chi connectivity index (χ4n) is 2.69. The van der Waals surface area contributed by atoms with E-state index in [0.717, 1.165) is 11.6 Å². The number of nitro benzene ring substituents is 1. The van der Waals surface area contributed by atoms with Gasteiger partial charge < -0.3 is 4.74 Å². The van der Waals surface area contributed by atoms with Crippen LogP contribution in [0, 0.1) is 23.0 Å². The molecule has 1 N–H and O–H groups in total.